The molecule has 29 heavy (non-hydrogen) atoms. The number of benzene rings is 2. The number of aliphatic imine (C=N–C) groups is 1. The van der Waals surface area contributed by atoms with Crippen LogP contribution >= 0.6 is 11.6 Å². The molecular weight excluding hydrogens is 388 g/mol. The molecule has 1 fully saturated rings. The minimum Gasteiger partial charge on any atom is -0.497 e. The second-order valence-electron chi connectivity index (χ2n) is 7.56. The summed E-state index contributed by atoms with van der Waals surface area (Å²) in [5, 5.41) is 0.609. The fourth-order valence-electron chi connectivity index (χ4n) is 4.18. The SMILES string of the molecule is COc1cccc(C(=O)CN2C(=O)C(c3ccc(Cl)cc3)=NC23CCCCC3)c1. The number of carbonyl (C=O) groups excluding carboxylic acids is 2. The number of amides is 1. The first-order chi connectivity index (χ1) is 14.0. The molecule has 2 aromatic carbocycles. The molecule has 4 rings (SSSR count). The first-order valence-corrected chi connectivity index (χ1v) is 10.3. The summed E-state index contributed by atoms with van der Waals surface area (Å²) in [4.78, 5) is 32.9. The van der Waals surface area contributed by atoms with Gasteiger partial charge in [0.1, 0.15) is 17.1 Å². The molecule has 5 nitrogen and oxygen atoms in total. The van der Waals surface area contributed by atoms with Crippen molar-refractivity contribution < 1.29 is 14.3 Å². The lowest BCUT2D eigenvalue weighted by Gasteiger charge is -2.38. The van der Waals surface area contributed by atoms with E-state index < -0.39 is 5.66 Å². The fraction of sp³-hybridized carbons (Fsp3) is 0.348. The second-order valence-corrected chi connectivity index (χ2v) is 7.99. The largest absolute Gasteiger partial charge is 0.497 e. The maximum absolute atomic E-state index is 13.3. The van der Waals surface area contributed by atoms with Gasteiger partial charge in [0.2, 0.25) is 0 Å². The molecule has 0 atom stereocenters. The lowest BCUT2D eigenvalue weighted by atomic mass is 9.88. The van der Waals surface area contributed by atoms with Crippen molar-refractivity contribution in [1.29, 1.82) is 0 Å². The Morgan fingerprint density at radius 1 is 1.14 bits per heavy atom. The van der Waals surface area contributed by atoms with Gasteiger partial charge in [-0.1, -0.05) is 42.3 Å². The van der Waals surface area contributed by atoms with Crippen LogP contribution in [0.2, 0.25) is 5.02 Å². The Morgan fingerprint density at radius 2 is 1.86 bits per heavy atom. The lowest BCUT2D eigenvalue weighted by Crippen LogP contribution is -2.50. The highest BCUT2D eigenvalue weighted by molar-refractivity contribution is 6.47. The van der Waals surface area contributed by atoms with Crippen LogP contribution in [0.3, 0.4) is 0 Å². The van der Waals surface area contributed by atoms with E-state index in [9.17, 15) is 9.59 Å². The zero-order valence-electron chi connectivity index (χ0n) is 16.4. The van der Waals surface area contributed by atoms with Gasteiger partial charge in [0, 0.05) is 16.1 Å². The summed E-state index contributed by atoms with van der Waals surface area (Å²) in [6.45, 7) is 0.00654. The van der Waals surface area contributed by atoms with Crippen LogP contribution < -0.4 is 4.74 Å². The van der Waals surface area contributed by atoms with Gasteiger partial charge in [-0.15, -0.1) is 0 Å². The molecule has 2 aliphatic rings. The molecule has 1 heterocycles. The standard InChI is InChI=1S/C23H23ClN2O3/c1-29-19-7-5-6-17(14-19)20(27)15-26-22(28)21(16-8-10-18(24)11-9-16)25-23(26)12-3-2-4-13-23/h5-11,14H,2-4,12-13,15H2,1H3. The van der Waals surface area contributed by atoms with E-state index in [-0.39, 0.29) is 18.2 Å². The molecule has 0 bridgehead atoms. The third-order valence-corrected chi connectivity index (χ3v) is 5.99. The number of rotatable bonds is 5. The van der Waals surface area contributed by atoms with Gasteiger partial charge >= 0.3 is 0 Å². The number of hydrogen-bond donors (Lipinski definition) is 0. The molecule has 0 N–H and O–H groups in total. The van der Waals surface area contributed by atoms with Gasteiger partial charge in [0.05, 0.1) is 13.7 Å². The Bertz CT molecular complexity index is 962. The Balaban J connectivity index is 1.65. The topological polar surface area (TPSA) is 59.0 Å². The first-order valence-electron chi connectivity index (χ1n) is 9.87. The Hall–Kier alpha value is -2.66. The van der Waals surface area contributed by atoms with E-state index in [2.05, 4.69) is 0 Å². The zero-order valence-corrected chi connectivity index (χ0v) is 17.1. The summed E-state index contributed by atoms with van der Waals surface area (Å²) >= 11 is 6.00. The third-order valence-electron chi connectivity index (χ3n) is 5.74. The van der Waals surface area contributed by atoms with Gasteiger partial charge < -0.3 is 9.64 Å². The molecular formula is C23H23ClN2O3. The van der Waals surface area contributed by atoms with E-state index in [0.717, 1.165) is 37.7 Å². The second kappa shape index (κ2) is 7.99. The van der Waals surface area contributed by atoms with Crippen LogP contribution in [0.5, 0.6) is 5.75 Å². The molecule has 1 aliphatic heterocycles. The van der Waals surface area contributed by atoms with Crippen LogP contribution in [0.1, 0.15) is 48.0 Å². The first kappa shape index (κ1) is 19.6. The normalized spacial score (nSPS) is 18.1. The van der Waals surface area contributed by atoms with Gasteiger partial charge in [-0.05, 0) is 49.9 Å². The average Bonchev–Trinajstić information content (AvgIpc) is 3.00. The number of ether oxygens (including phenoxy) is 1. The molecule has 1 aliphatic carbocycles. The molecule has 1 saturated carbocycles. The summed E-state index contributed by atoms with van der Waals surface area (Å²) in [6, 6.07) is 14.2. The van der Waals surface area contributed by atoms with E-state index in [1.807, 2.05) is 12.1 Å². The van der Waals surface area contributed by atoms with Crippen molar-refractivity contribution in [2.24, 2.45) is 4.99 Å². The van der Waals surface area contributed by atoms with Gasteiger partial charge in [-0.25, -0.2) is 0 Å². The third kappa shape index (κ3) is 3.79. The van der Waals surface area contributed by atoms with Gasteiger partial charge in [0.25, 0.3) is 5.91 Å². The van der Waals surface area contributed by atoms with Crippen molar-refractivity contribution in [2.45, 2.75) is 37.8 Å². The molecule has 1 amide bonds. The van der Waals surface area contributed by atoms with Crippen LogP contribution in [0.15, 0.2) is 53.5 Å². The van der Waals surface area contributed by atoms with E-state index in [0.29, 0.717) is 22.0 Å². The predicted octanol–water partition coefficient (Wildman–Crippen LogP) is 4.52. The van der Waals surface area contributed by atoms with Crippen molar-refractivity contribution in [3.8, 4) is 5.75 Å². The van der Waals surface area contributed by atoms with E-state index in [1.54, 1.807) is 48.4 Å². The predicted molar refractivity (Wildman–Crippen MR) is 113 cm³/mol. The highest BCUT2D eigenvalue weighted by atomic mass is 35.5. The maximum Gasteiger partial charge on any atom is 0.275 e. The van der Waals surface area contributed by atoms with Gasteiger partial charge in [-0.3, -0.25) is 14.6 Å². The smallest absolute Gasteiger partial charge is 0.275 e. The highest BCUT2D eigenvalue weighted by Crippen LogP contribution is 2.39. The Kier molecular flexibility index (Phi) is 5.41. The molecule has 0 radical (unpaired) electrons. The average molecular weight is 411 g/mol. The molecule has 0 unspecified atom stereocenters. The zero-order chi connectivity index (χ0) is 20.4. The van der Waals surface area contributed by atoms with Crippen LogP contribution in [0, 0.1) is 0 Å². The minimum atomic E-state index is -0.626. The van der Waals surface area contributed by atoms with Crippen molar-refractivity contribution in [2.75, 3.05) is 13.7 Å². The van der Waals surface area contributed by atoms with Crippen molar-refractivity contribution >= 4 is 29.0 Å². The van der Waals surface area contributed by atoms with Gasteiger partial charge in [-0.2, -0.15) is 0 Å². The van der Waals surface area contributed by atoms with Crippen molar-refractivity contribution in [3.63, 3.8) is 0 Å². The number of Topliss-reactive ketones (excluding diaryl/α,β-unsaturated/α-hetero) is 1. The number of hydrogen-bond acceptors (Lipinski definition) is 4. The molecule has 0 aromatic heterocycles. The molecule has 0 saturated heterocycles. The summed E-state index contributed by atoms with van der Waals surface area (Å²) < 4.78 is 5.22. The number of halogens is 1. The van der Waals surface area contributed by atoms with E-state index in [4.69, 9.17) is 21.3 Å². The summed E-state index contributed by atoms with van der Waals surface area (Å²) in [7, 11) is 1.57. The quantitative estimate of drug-likeness (QED) is 0.681. The summed E-state index contributed by atoms with van der Waals surface area (Å²) in [6.07, 6.45) is 4.67. The fourth-order valence-corrected chi connectivity index (χ4v) is 4.31. The van der Waals surface area contributed by atoms with E-state index >= 15 is 0 Å². The minimum absolute atomic E-state index is 0.00654. The van der Waals surface area contributed by atoms with Gasteiger partial charge in [0.15, 0.2) is 5.78 Å². The van der Waals surface area contributed by atoms with Crippen LogP contribution in [-0.4, -0.2) is 41.6 Å². The van der Waals surface area contributed by atoms with Crippen LogP contribution in [0.4, 0.5) is 0 Å². The monoisotopic (exact) mass is 410 g/mol. The van der Waals surface area contributed by atoms with Crippen molar-refractivity contribution in [1.82, 2.24) is 4.90 Å². The summed E-state index contributed by atoms with van der Waals surface area (Å²) in [5.41, 5.74) is 1.06. The van der Waals surface area contributed by atoms with E-state index in [1.165, 1.54) is 0 Å². The highest BCUT2D eigenvalue weighted by Gasteiger charge is 2.48. The Morgan fingerprint density at radius 3 is 2.55 bits per heavy atom. The summed E-state index contributed by atoms with van der Waals surface area (Å²) in [5.74, 6) is 0.314. The molecule has 6 heteroatoms. The van der Waals surface area contributed by atoms with Crippen molar-refractivity contribution in [3.05, 3.63) is 64.7 Å². The number of nitrogens with zero attached hydrogens (tertiary/aromatic N) is 2. The lowest BCUT2D eigenvalue weighted by molar-refractivity contribution is -0.128. The molecule has 150 valence electrons. The van der Waals surface area contributed by atoms with Crippen LogP contribution in [-0.2, 0) is 4.79 Å². The maximum atomic E-state index is 13.3. The number of carbonyl (C=O) groups is 2. The Labute approximate surface area is 175 Å². The molecule has 2 aromatic rings. The number of ketones is 1. The molecule has 1 spiro atoms. The van der Waals surface area contributed by atoms with Crippen LogP contribution in [0.25, 0.3) is 0 Å². The number of methoxy groups -OCH3 is 1.